The molecule has 0 spiro atoms. The van der Waals surface area contributed by atoms with Gasteiger partial charge in [-0.3, -0.25) is 4.79 Å². The number of hydrogen-bond donors (Lipinski definition) is 0. The molecule has 3 rings (SSSR count). The van der Waals surface area contributed by atoms with Gasteiger partial charge >= 0.3 is 5.97 Å². The predicted octanol–water partition coefficient (Wildman–Crippen LogP) is 4.56. The first kappa shape index (κ1) is 15.0. The minimum Gasteiger partial charge on any atom is -0.460 e. The monoisotopic (exact) mass is 302 g/mol. The number of allylic oxidation sites excluding steroid dienone is 3. The summed E-state index contributed by atoms with van der Waals surface area (Å²) in [5.41, 5.74) is 3.00. The molecule has 0 aromatic heterocycles. The number of ether oxygens (including phenoxy) is 1. The summed E-state index contributed by atoms with van der Waals surface area (Å²) in [7, 11) is 0. The second-order valence-corrected chi connectivity index (χ2v) is 5.37. The van der Waals surface area contributed by atoms with Crippen molar-refractivity contribution in [3.63, 3.8) is 0 Å². The molecule has 23 heavy (non-hydrogen) atoms. The lowest BCUT2D eigenvalue weighted by Crippen LogP contribution is -2.18. The maximum absolute atomic E-state index is 12.4. The molecule has 2 aromatic rings. The molecule has 2 aromatic carbocycles. The molecule has 2 heteroatoms. The predicted molar refractivity (Wildman–Crippen MR) is 92.4 cm³/mol. The van der Waals surface area contributed by atoms with Gasteiger partial charge in [-0.15, -0.1) is 0 Å². The van der Waals surface area contributed by atoms with Gasteiger partial charge in [-0.1, -0.05) is 91.0 Å². The van der Waals surface area contributed by atoms with E-state index in [4.69, 9.17) is 4.74 Å². The van der Waals surface area contributed by atoms with E-state index >= 15 is 0 Å². The second-order valence-electron chi connectivity index (χ2n) is 5.37. The summed E-state index contributed by atoms with van der Waals surface area (Å²) < 4.78 is 5.47. The summed E-state index contributed by atoms with van der Waals surface area (Å²) in [6, 6.07) is 19.7. The van der Waals surface area contributed by atoms with Gasteiger partial charge in [0.2, 0.25) is 0 Å². The smallest absolute Gasteiger partial charge is 0.317 e. The first-order valence-corrected chi connectivity index (χ1v) is 7.65. The Hall–Kier alpha value is -2.87. The fourth-order valence-corrected chi connectivity index (χ4v) is 2.47. The number of carbonyl (C=O) groups excluding carboxylic acids is 1. The Bertz CT molecular complexity index is 740. The second kappa shape index (κ2) is 7.41. The molecule has 0 N–H and O–H groups in total. The summed E-state index contributed by atoms with van der Waals surface area (Å²) in [6.45, 7) is 0.298. The van der Waals surface area contributed by atoms with E-state index in [9.17, 15) is 4.79 Å². The zero-order valence-electron chi connectivity index (χ0n) is 12.8. The van der Waals surface area contributed by atoms with E-state index in [1.807, 2.05) is 91.0 Å². The number of benzene rings is 2. The van der Waals surface area contributed by atoms with Crippen molar-refractivity contribution in [3.05, 3.63) is 102 Å². The largest absolute Gasteiger partial charge is 0.460 e. The number of rotatable bonds is 4. The summed E-state index contributed by atoms with van der Waals surface area (Å²) in [6.07, 6.45) is 9.69. The van der Waals surface area contributed by atoms with Crippen molar-refractivity contribution < 1.29 is 9.53 Å². The third kappa shape index (κ3) is 4.07. The minimum atomic E-state index is -0.357. The van der Waals surface area contributed by atoms with Crippen LogP contribution in [0.5, 0.6) is 0 Å². The van der Waals surface area contributed by atoms with Gasteiger partial charge < -0.3 is 4.74 Å². The van der Waals surface area contributed by atoms with Gasteiger partial charge in [0.1, 0.15) is 12.5 Å². The fraction of sp³-hybridized carbons (Fsp3) is 0.0952. The van der Waals surface area contributed by atoms with Crippen molar-refractivity contribution in [1.29, 1.82) is 0 Å². The third-order valence-corrected chi connectivity index (χ3v) is 3.67. The Labute approximate surface area is 136 Å². The lowest BCUT2D eigenvalue weighted by Gasteiger charge is -2.16. The maximum atomic E-state index is 12.4. The van der Waals surface area contributed by atoms with E-state index in [0.29, 0.717) is 6.61 Å². The van der Waals surface area contributed by atoms with Gasteiger partial charge in [-0.05, 0) is 16.7 Å². The first-order valence-electron chi connectivity index (χ1n) is 7.65. The summed E-state index contributed by atoms with van der Waals surface area (Å²) >= 11 is 0. The van der Waals surface area contributed by atoms with Crippen molar-refractivity contribution in [3.8, 4) is 0 Å². The number of esters is 1. The van der Waals surface area contributed by atoms with Crippen LogP contribution in [0.15, 0.2) is 90.5 Å². The summed E-state index contributed by atoms with van der Waals surface area (Å²) in [5.74, 6) is -0.583. The Morgan fingerprint density at radius 3 is 2.39 bits per heavy atom. The van der Waals surface area contributed by atoms with Gasteiger partial charge in [0.15, 0.2) is 0 Å². The van der Waals surface area contributed by atoms with Crippen molar-refractivity contribution in [2.45, 2.75) is 6.61 Å². The molecule has 2 nitrogen and oxygen atoms in total. The molecule has 1 aliphatic rings. The molecular weight excluding hydrogens is 284 g/mol. The van der Waals surface area contributed by atoms with E-state index in [2.05, 4.69) is 0 Å². The lowest BCUT2D eigenvalue weighted by atomic mass is 9.93. The highest BCUT2D eigenvalue weighted by Crippen LogP contribution is 2.23. The lowest BCUT2D eigenvalue weighted by molar-refractivity contribution is -0.146. The van der Waals surface area contributed by atoms with Crippen LogP contribution in [-0.2, 0) is 16.1 Å². The molecule has 0 heterocycles. The van der Waals surface area contributed by atoms with Crippen molar-refractivity contribution >= 4 is 12.0 Å². The molecule has 0 amide bonds. The van der Waals surface area contributed by atoms with Gasteiger partial charge in [0.05, 0.1) is 0 Å². The van der Waals surface area contributed by atoms with Crippen LogP contribution >= 0.6 is 0 Å². The molecule has 114 valence electrons. The van der Waals surface area contributed by atoms with Crippen LogP contribution in [0.1, 0.15) is 11.1 Å². The molecule has 0 fully saturated rings. The van der Waals surface area contributed by atoms with Crippen LogP contribution in [0.3, 0.4) is 0 Å². The Morgan fingerprint density at radius 2 is 1.65 bits per heavy atom. The number of carbonyl (C=O) groups is 1. The Morgan fingerprint density at radius 1 is 0.957 bits per heavy atom. The zero-order valence-corrected chi connectivity index (χ0v) is 12.8. The van der Waals surface area contributed by atoms with E-state index in [0.717, 1.165) is 16.7 Å². The normalized spacial score (nSPS) is 18.1. The van der Waals surface area contributed by atoms with Gasteiger partial charge in [-0.25, -0.2) is 0 Å². The maximum Gasteiger partial charge on any atom is 0.317 e. The molecule has 0 aliphatic heterocycles. The van der Waals surface area contributed by atoms with Gasteiger partial charge in [-0.2, -0.15) is 0 Å². The van der Waals surface area contributed by atoms with E-state index in [1.54, 1.807) is 0 Å². The van der Waals surface area contributed by atoms with Crippen molar-refractivity contribution in [2.75, 3.05) is 0 Å². The van der Waals surface area contributed by atoms with E-state index in [1.165, 1.54) is 0 Å². The van der Waals surface area contributed by atoms with Crippen molar-refractivity contribution in [1.82, 2.24) is 0 Å². The third-order valence-electron chi connectivity index (χ3n) is 3.67. The topological polar surface area (TPSA) is 26.3 Å². The molecule has 0 radical (unpaired) electrons. The quantitative estimate of drug-likeness (QED) is 0.774. The average molecular weight is 302 g/mol. The van der Waals surface area contributed by atoms with Crippen LogP contribution in [0.2, 0.25) is 0 Å². The zero-order chi connectivity index (χ0) is 15.9. The highest BCUT2D eigenvalue weighted by atomic mass is 16.5. The standard InChI is InChI=1S/C21H18O2/c22-21(23-16-18-11-5-2-6-12-18)20-14-8-7-13-19(20)15-17-9-3-1-4-10-17/h1-15,20H,16H2. The molecule has 0 saturated heterocycles. The minimum absolute atomic E-state index is 0.225. The average Bonchev–Trinajstić information content (AvgIpc) is 2.62. The molecular formula is C21H18O2. The van der Waals surface area contributed by atoms with Gasteiger partial charge in [0.25, 0.3) is 0 Å². The Kier molecular flexibility index (Phi) is 4.85. The molecule has 1 atom stereocenters. The van der Waals surface area contributed by atoms with Crippen LogP contribution in [-0.4, -0.2) is 5.97 Å². The molecule has 1 aliphatic carbocycles. The SMILES string of the molecule is O=C(OCc1ccccc1)C1C=CC=CC1=Cc1ccccc1. The van der Waals surface area contributed by atoms with Crippen molar-refractivity contribution in [2.24, 2.45) is 5.92 Å². The summed E-state index contributed by atoms with van der Waals surface area (Å²) in [5, 5.41) is 0. The van der Waals surface area contributed by atoms with Crippen LogP contribution in [0, 0.1) is 5.92 Å². The van der Waals surface area contributed by atoms with Crippen LogP contribution in [0.25, 0.3) is 6.08 Å². The highest BCUT2D eigenvalue weighted by Gasteiger charge is 2.21. The summed E-state index contributed by atoms with van der Waals surface area (Å²) in [4.78, 5) is 12.4. The fourth-order valence-electron chi connectivity index (χ4n) is 2.47. The van der Waals surface area contributed by atoms with E-state index < -0.39 is 0 Å². The van der Waals surface area contributed by atoms with E-state index in [-0.39, 0.29) is 11.9 Å². The van der Waals surface area contributed by atoms with Crippen LogP contribution in [0.4, 0.5) is 0 Å². The Balaban J connectivity index is 1.71. The molecule has 0 saturated carbocycles. The van der Waals surface area contributed by atoms with Crippen LogP contribution < -0.4 is 0 Å². The molecule has 1 unspecified atom stereocenters. The molecule has 0 bridgehead atoms. The first-order chi connectivity index (χ1) is 11.3. The number of hydrogen-bond acceptors (Lipinski definition) is 2. The highest BCUT2D eigenvalue weighted by molar-refractivity contribution is 5.82. The van der Waals surface area contributed by atoms with Gasteiger partial charge in [0, 0.05) is 0 Å².